The van der Waals surface area contributed by atoms with Crippen LogP contribution in [0.1, 0.15) is 46.0 Å². The summed E-state index contributed by atoms with van der Waals surface area (Å²) in [4.78, 5) is 0. The maximum Gasteiger partial charge on any atom is 0.107 e. The molecule has 3 atom stereocenters. The van der Waals surface area contributed by atoms with E-state index in [4.69, 9.17) is 9.47 Å². The summed E-state index contributed by atoms with van der Waals surface area (Å²) in [5.41, 5.74) is 0. The average molecular weight is 230 g/mol. The highest BCUT2D eigenvalue weighted by molar-refractivity contribution is 4.74. The summed E-state index contributed by atoms with van der Waals surface area (Å²) in [7, 11) is 0. The Balaban J connectivity index is 2.08. The predicted molar refractivity (Wildman–Crippen MR) is 64.5 cm³/mol. The molecule has 3 heteroatoms. The average Bonchev–Trinajstić information content (AvgIpc) is 2.69. The lowest BCUT2D eigenvalue weighted by Crippen LogP contribution is -2.27. The van der Waals surface area contributed by atoms with Crippen LogP contribution in [0.5, 0.6) is 0 Å². The molecule has 1 aliphatic heterocycles. The highest BCUT2D eigenvalue weighted by Crippen LogP contribution is 2.16. The van der Waals surface area contributed by atoms with E-state index in [9.17, 15) is 5.11 Å². The van der Waals surface area contributed by atoms with E-state index in [1.165, 1.54) is 25.7 Å². The number of ether oxygens (including phenoxy) is 2. The van der Waals surface area contributed by atoms with Crippen LogP contribution >= 0.6 is 0 Å². The van der Waals surface area contributed by atoms with Gasteiger partial charge in [0.25, 0.3) is 0 Å². The van der Waals surface area contributed by atoms with Gasteiger partial charge in [-0.1, -0.05) is 33.1 Å². The normalized spacial score (nSPS) is 27.2. The highest BCUT2D eigenvalue weighted by Gasteiger charge is 2.26. The molecule has 1 rings (SSSR count). The first-order valence-electron chi connectivity index (χ1n) is 6.65. The SMILES string of the molecule is CCCCC(CC)COC[C@H]1OCC[C@H]1O. The summed E-state index contributed by atoms with van der Waals surface area (Å²) < 4.78 is 11.0. The Morgan fingerprint density at radius 1 is 1.44 bits per heavy atom. The summed E-state index contributed by atoms with van der Waals surface area (Å²) in [6.07, 6.45) is 5.29. The van der Waals surface area contributed by atoms with E-state index in [1.54, 1.807) is 0 Å². The maximum atomic E-state index is 9.55. The zero-order valence-electron chi connectivity index (χ0n) is 10.7. The van der Waals surface area contributed by atoms with Crippen LogP contribution < -0.4 is 0 Å². The molecule has 0 aliphatic carbocycles. The number of hydrogen-bond donors (Lipinski definition) is 1. The van der Waals surface area contributed by atoms with Gasteiger partial charge >= 0.3 is 0 Å². The molecule has 0 amide bonds. The summed E-state index contributed by atoms with van der Waals surface area (Å²) in [5.74, 6) is 0.665. The standard InChI is InChI=1S/C13H26O3/c1-3-5-6-11(4-2)9-15-10-13-12(14)7-8-16-13/h11-14H,3-10H2,1-2H3/t11?,12-,13-/m1/s1. The lowest BCUT2D eigenvalue weighted by molar-refractivity contribution is -0.0325. The number of rotatable bonds is 8. The summed E-state index contributed by atoms with van der Waals surface area (Å²) >= 11 is 0. The van der Waals surface area contributed by atoms with Crippen molar-refractivity contribution in [1.82, 2.24) is 0 Å². The van der Waals surface area contributed by atoms with Crippen molar-refractivity contribution < 1.29 is 14.6 Å². The number of aliphatic hydroxyl groups excluding tert-OH is 1. The first-order valence-corrected chi connectivity index (χ1v) is 6.65. The second-order valence-corrected chi connectivity index (χ2v) is 4.72. The van der Waals surface area contributed by atoms with E-state index in [2.05, 4.69) is 13.8 Å². The first-order chi connectivity index (χ1) is 7.77. The highest BCUT2D eigenvalue weighted by atomic mass is 16.5. The molecule has 0 aromatic rings. The Bertz CT molecular complexity index is 173. The fraction of sp³-hybridized carbons (Fsp3) is 1.00. The predicted octanol–water partition coefficient (Wildman–Crippen LogP) is 2.37. The Kier molecular flexibility index (Phi) is 7.01. The van der Waals surface area contributed by atoms with Crippen molar-refractivity contribution in [3.8, 4) is 0 Å². The van der Waals surface area contributed by atoms with Gasteiger partial charge in [-0.25, -0.2) is 0 Å². The van der Waals surface area contributed by atoms with Crippen molar-refractivity contribution in [2.45, 2.75) is 58.2 Å². The van der Waals surface area contributed by atoms with Gasteiger partial charge in [0, 0.05) is 13.2 Å². The minimum Gasteiger partial charge on any atom is -0.390 e. The minimum atomic E-state index is -0.323. The molecule has 3 nitrogen and oxygen atoms in total. The van der Waals surface area contributed by atoms with Crippen LogP contribution in [0.2, 0.25) is 0 Å². The van der Waals surface area contributed by atoms with E-state index in [0.29, 0.717) is 19.1 Å². The Morgan fingerprint density at radius 2 is 2.25 bits per heavy atom. The minimum absolute atomic E-state index is 0.0938. The van der Waals surface area contributed by atoms with Gasteiger partial charge < -0.3 is 14.6 Å². The summed E-state index contributed by atoms with van der Waals surface area (Å²) in [6, 6.07) is 0. The van der Waals surface area contributed by atoms with Gasteiger partial charge in [-0.05, 0) is 18.8 Å². The molecule has 1 saturated heterocycles. The fourth-order valence-corrected chi connectivity index (χ4v) is 2.05. The molecular formula is C13H26O3. The van der Waals surface area contributed by atoms with Gasteiger partial charge in [-0.2, -0.15) is 0 Å². The molecule has 0 spiro atoms. The van der Waals surface area contributed by atoms with Crippen molar-refractivity contribution in [3.05, 3.63) is 0 Å². The first kappa shape index (κ1) is 13.9. The quantitative estimate of drug-likeness (QED) is 0.695. The van der Waals surface area contributed by atoms with Crippen LogP contribution in [0, 0.1) is 5.92 Å². The zero-order valence-corrected chi connectivity index (χ0v) is 10.7. The Labute approximate surface area is 99.1 Å². The van der Waals surface area contributed by atoms with Gasteiger partial charge in [-0.3, -0.25) is 0 Å². The third kappa shape index (κ3) is 4.81. The molecule has 0 aromatic carbocycles. The molecule has 1 heterocycles. The number of aliphatic hydroxyl groups is 1. The van der Waals surface area contributed by atoms with Gasteiger partial charge in [0.1, 0.15) is 6.10 Å². The van der Waals surface area contributed by atoms with E-state index in [-0.39, 0.29) is 12.2 Å². The molecule has 1 aliphatic rings. The van der Waals surface area contributed by atoms with Crippen LogP contribution in [-0.2, 0) is 9.47 Å². The largest absolute Gasteiger partial charge is 0.390 e. The van der Waals surface area contributed by atoms with Crippen LogP contribution in [0.25, 0.3) is 0 Å². The van der Waals surface area contributed by atoms with E-state index < -0.39 is 0 Å². The molecule has 0 bridgehead atoms. The lowest BCUT2D eigenvalue weighted by atomic mass is 10.0. The summed E-state index contributed by atoms with van der Waals surface area (Å²) in [6.45, 7) is 6.45. The Hall–Kier alpha value is -0.120. The third-order valence-corrected chi connectivity index (χ3v) is 3.35. The fourth-order valence-electron chi connectivity index (χ4n) is 2.05. The van der Waals surface area contributed by atoms with Gasteiger partial charge in [0.15, 0.2) is 0 Å². The van der Waals surface area contributed by atoms with Crippen LogP contribution in [-0.4, -0.2) is 37.1 Å². The van der Waals surface area contributed by atoms with Gasteiger partial charge in [-0.15, -0.1) is 0 Å². The molecule has 0 radical (unpaired) electrons. The van der Waals surface area contributed by atoms with Crippen LogP contribution in [0.15, 0.2) is 0 Å². The summed E-state index contributed by atoms with van der Waals surface area (Å²) in [5, 5.41) is 9.55. The van der Waals surface area contributed by atoms with E-state index in [0.717, 1.165) is 13.0 Å². The zero-order chi connectivity index (χ0) is 11.8. The monoisotopic (exact) mass is 230 g/mol. The number of hydrogen-bond acceptors (Lipinski definition) is 3. The smallest absolute Gasteiger partial charge is 0.107 e. The van der Waals surface area contributed by atoms with E-state index >= 15 is 0 Å². The third-order valence-electron chi connectivity index (χ3n) is 3.35. The van der Waals surface area contributed by atoms with Crippen LogP contribution in [0.4, 0.5) is 0 Å². The number of unbranched alkanes of at least 4 members (excludes halogenated alkanes) is 1. The molecule has 16 heavy (non-hydrogen) atoms. The van der Waals surface area contributed by atoms with Crippen molar-refractivity contribution >= 4 is 0 Å². The molecule has 96 valence electrons. The maximum absolute atomic E-state index is 9.55. The van der Waals surface area contributed by atoms with Crippen LogP contribution in [0.3, 0.4) is 0 Å². The second kappa shape index (κ2) is 8.04. The Morgan fingerprint density at radius 3 is 2.81 bits per heavy atom. The van der Waals surface area contributed by atoms with E-state index in [1.807, 2.05) is 0 Å². The molecule has 0 saturated carbocycles. The topological polar surface area (TPSA) is 38.7 Å². The lowest BCUT2D eigenvalue weighted by Gasteiger charge is -2.18. The molecule has 1 fully saturated rings. The van der Waals surface area contributed by atoms with Gasteiger partial charge in [0.05, 0.1) is 12.7 Å². The molecule has 0 aromatic heterocycles. The molecular weight excluding hydrogens is 204 g/mol. The molecule has 1 unspecified atom stereocenters. The van der Waals surface area contributed by atoms with Crippen molar-refractivity contribution in [2.24, 2.45) is 5.92 Å². The van der Waals surface area contributed by atoms with Crippen molar-refractivity contribution in [2.75, 3.05) is 19.8 Å². The van der Waals surface area contributed by atoms with Gasteiger partial charge in [0.2, 0.25) is 0 Å². The van der Waals surface area contributed by atoms with Crippen molar-refractivity contribution in [1.29, 1.82) is 0 Å². The molecule has 1 N–H and O–H groups in total. The second-order valence-electron chi connectivity index (χ2n) is 4.72. The van der Waals surface area contributed by atoms with Crippen molar-refractivity contribution in [3.63, 3.8) is 0 Å².